The van der Waals surface area contributed by atoms with E-state index >= 15 is 0 Å². The first-order chi connectivity index (χ1) is 19.5. The van der Waals surface area contributed by atoms with Gasteiger partial charge < -0.3 is 19.9 Å². The van der Waals surface area contributed by atoms with Gasteiger partial charge in [0, 0.05) is 74.9 Å². The molecule has 8 heteroatoms. The maximum Gasteiger partial charge on any atom is 0.255 e. The van der Waals surface area contributed by atoms with Crippen LogP contribution in [-0.4, -0.2) is 86.1 Å². The highest BCUT2D eigenvalue weighted by Gasteiger charge is 2.19. The van der Waals surface area contributed by atoms with Gasteiger partial charge in [-0.05, 0) is 80.3 Å². The van der Waals surface area contributed by atoms with Gasteiger partial charge in [-0.1, -0.05) is 6.07 Å². The SMILES string of the molecule is Cc1ccnc(-c2cc(N3CCCCC3)ccc2NC(=O)c2cccc(C(=O)N(C)CCN3CCOCC3)c2)c1. The van der Waals surface area contributed by atoms with Crippen molar-refractivity contribution in [3.63, 3.8) is 0 Å². The van der Waals surface area contributed by atoms with Gasteiger partial charge in [0.25, 0.3) is 11.8 Å². The molecule has 0 radical (unpaired) electrons. The third-order valence-electron chi connectivity index (χ3n) is 7.74. The van der Waals surface area contributed by atoms with E-state index in [9.17, 15) is 9.59 Å². The lowest BCUT2D eigenvalue weighted by atomic mass is 10.0. The molecule has 0 atom stereocenters. The summed E-state index contributed by atoms with van der Waals surface area (Å²) in [6.45, 7) is 8.77. The molecule has 5 rings (SSSR count). The number of rotatable bonds is 8. The summed E-state index contributed by atoms with van der Waals surface area (Å²) in [7, 11) is 1.81. The molecule has 2 saturated heterocycles. The highest BCUT2D eigenvalue weighted by atomic mass is 16.5. The zero-order valence-corrected chi connectivity index (χ0v) is 23.6. The van der Waals surface area contributed by atoms with Gasteiger partial charge in [-0.15, -0.1) is 0 Å². The second-order valence-corrected chi connectivity index (χ2v) is 10.7. The molecule has 3 aromatic rings. The van der Waals surface area contributed by atoms with Crippen molar-refractivity contribution >= 4 is 23.2 Å². The molecule has 40 heavy (non-hydrogen) atoms. The molecule has 3 heterocycles. The zero-order chi connectivity index (χ0) is 27.9. The number of nitrogens with one attached hydrogen (secondary N) is 1. The van der Waals surface area contributed by atoms with Gasteiger partial charge >= 0.3 is 0 Å². The summed E-state index contributed by atoms with van der Waals surface area (Å²) >= 11 is 0. The number of aryl methyl sites for hydroxylation is 1. The van der Waals surface area contributed by atoms with E-state index in [0.717, 1.165) is 68.4 Å². The molecule has 2 aromatic carbocycles. The van der Waals surface area contributed by atoms with E-state index in [1.165, 1.54) is 19.3 Å². The molecule has 0 unspecified atom stereocenters. The largest absolute Gasteiger partial charge is 0.379 e. The molecule has 210 valence electrons. The minimum atomic E-state index is -0.259. The molecular formula is C32H39N5O3. The molecule has 0 bridgehead atoms. The fourth-order valence-corrected chi connectivity index (χ4v) is 5.31. The number of benzene rings is 2. The molecule has 0 aliphatic carbocycles. The second-order valence-electron chi connectivity index (χ2n) is 10.7. The van der Waals surface area contributed by atoms with Crippen LogP contribution < -0.4 is 10.2 Å². The number of anilines is 2. The third kappa shape index (κ3) is 6.87. The quantitative estimate of drug-likeness (QED) is 0.445. The number of likely N-dealkylation sites (N-methyl/N-ethyl adjacent to an activating group) is 1. The fraction of sp³-hybridized carbons (Fsp3) is 0.406. The standard InChI is InChI=1S/C32H39N5O3/c1-24-11-12-33-30(21-24)28-23-27(37-13-4-3-5-14-37)9-10-29(28)34-31(38)25-7-6-8-26(22-25)32(39)35(2)15-16-36-17-19-40-20-18-36/h6-12,21-23H,3-5,13-20H2,1-2H3,(H,34,38). The van der Waals surface area contributed by atoms with Crippen molar-refractivity contribution < 1.29 is 14.3 Å². The van der Waals surface area contributed by atoms with E-state index in [4.69, 9.17) is 4.74 Å². The van der Waals surface area contributed by atoms with E-state index in [1.54, 1.807) is 42.4 Å². The zero-order valence-electron chi connectivity index (χ0n) is 23.6. The van der Waals surface area contributed by atoms with E-state index in [-0.39, 0.29) is 11.8 Å². The third-order valence-corrected chi connectivity index (χ3v) is 7.74. The molecule has 2 aliphatic rings. The first-order valence-electron chi connectivity index (χ1n) is 14.3. The molecule has 1 N–H and O–H groups in total. The summed E-state index contributed by atoms with van der Waals surface area (Å²) in [4.78, 5) is 37.6. The average Bonchev–Trinajstić information content (AvgIpc) is 3.00. The van der Waals surface area contributed by atoms with Gasteiger partial charge in [-0.3, -0.25) is 19.5 Å². The van der Waals surface area contributed by atoms with Gasteiger partial charge in [-0.2, -0.15) is 0 Å². The number of hydrogen-bond acceptors (Lipinski definition) is 6. The first kappa shape index (κ1) is 27.8. The van der Waals surface area contributed by atoms with Gasteiger partial charge in [0.15, 0.2) is 0 Å². The summed E-state index contributed by atoms with van der Waals surface area (Å²) in [6, 6.07) is 17.1. The Balaban J connectivity index is 1.33. The number of amides is 2. The van der Waals surface area contributed by atoms with Crippen LogP contribution >= 0.6 is 0 Å². The summed E-state index contributed by atoms with van der Waals surface area (Å²) in [5.41, 5.74) is 5.59. The number of aromatic nitrogens is 1. The lowest BCUT2D eigenvalue weighted by molar-refractivity contribution is 0.0338. The van der Waals surface area contributed by atoms with E-state index in [2.05, 4.69) is 32.2 Å². The molecule has 0 spiro atoms. The monoisotopic (exact) mass is 541 g/mol. The fourth-order valence-electron chi connectivity index (χ4n) is 5.31. The smallest absolute Gasteiger partial charge is 0.255 e. The molecule has 0 saturated carbocycles. The summed E-state index contributed by atoms with van der Waals surface area (Å²) in [5.74, 6) is -0.358. The Morgan fingerprint density at radius 3 is 2.50 bits per heavy atom. The first-order valence-corrected chi connectivity index (χ1v) is 14.3. The Labute approximate surface area is 236 Å². The van der Waals surface area contributed by atoms with Gasteiger partial charge in [-0.25, -0.2) is 0 Å². The average molecular weight is 542 g/mol. The van der Waals surface area contributed by atoms with E-state index < -0.39 is 0 Å². The highest BCUT2D eigenvalue weighted by Crippen LogP contribution is 2.33. The van der Waals surface area contributed by atoms with Crippen molar-refractivity contribution in [1.29, 1.82) is 0 Å². The topological polar surface area (TPSA) is 78.0 Å². The van der Waals surface area contributed by atoms with Gasteiger partial charge in [0.2, 0.25) is 0 Å². The number of nitrogens with zero attached hydrogens (tertiary/aromatic N) is 4. The number of carbonyl (C=O) groups is 2. The Morgan fingerprint density at radius 2 is 1.73 bits per heavy atom. The number of morpholine rings is 1. The summed E-state index contributed by atoms with van der Waals surface area (Å²) < 4.78 is 5.41. The Kier molecular flexibility index (Phi) is 9.08. The Bertz CT molecular complexity index is 1330. The lowest BCUT2D eigenvalue weighted by Gasteiger charge is -2.29. The Morgan fingerprint density at radius 1 is 0.950 bits per heavy atom. The van der Waals surface area contributed by atoms with Crippen molar-refractivity contribution in [1.82, 2.24) is 14.8 Å². The lowest BCUT2D eigenvalue weighted by Crippen LogP contribution is -2.41. The van der Waals surface area contributed by atoms with Crippen molar-refractivity contribution in [3.05, 3.63) is 77.5 Å². The van der Waals surface area contributed by atoms with Crippen molar-refractivity contribution in [2.45, 2.75) is 26.2 Å². The van der Waals surface area contributed by atoms with Crippen molar-refractivity contribution in [2.24, 2.45) is 0 Å². The van der Waals surface area contributed by atoms with Crippen LogP contribution in [0.1, 0.15) is 45.5 Å². The minimum absolute atomic E-state index is 0.0987. The van der Waals surface area contributed by atoms with Crippen LogP contribution in [0.5, 0.6) is 0 Å². The molecular weight excluding hydrogens is 502 g/mol. The molecule has 8 nitrogen and oxygen atoms in total. The predicted molar refractivity (Wildman–Crippen MR) is 159 cm³/mol. The van der Waals surface area contributed by atoms with Crippen LogP contribution in [0.4, 0.5) is 11.4 Å². The normalized spacial score (nSPS) is 16.0. The highest BCUT2D eigenvalue weighted by molar-refractivity contribution is 6.08. The number of pyridine rings is 1. The van der Waals surface area contributed by atoms with Crippen LogP contribution in [0.25, 0.3) is 11.3 Å². The van der Waals surface area contributed by atoms with E-state index in [1.807, 2.05) is 25.1 Å². The summed E-state index contributed by atoms with van der Waals surface area (Å²) in [5, 5.41) is 3.10. The van der Waals surface area contributed by atoms with Crippen LogP contribution in [0.15, 0.2) is 60.8 Å². The van der Waals surface area contributed by atoms with Crippen LogP contribution in [0.2, 0.25) is 0 Å². The summed E-state index contributed by atoms with van der Waals surface area (Å²) in [6.07, 6.45) is 5.44. The number of hydrogen-bond donors (Lipinski definition) is 1. The second kappa shape index (κ2) is 13.1. The van der Waals surface area contributed by atoms with Crippen LogP contribution in [0.3, 0.4) is 0 Å². The Hall–Kier alpha value is -3.75. The molecule has 2 fully saturated rings. The molecule has 2 aliphatic heterocycles. The number of carbonyl (C=O) groups excluding carboxylic acids is 2. The van der Waals surface area contributed by atoms with Gasteiger partial charge in [0.05, 0.1) is 24.6 Å². The van der Waals surface area contributed by atoms with Gasteiger partial charge in [0.1, 0.15) is 0 Å². The van der Waals surface area contributed by atoms with Crippen LogP contribution in [-0.2, 0) is 4.74 Å². The maximum atomic E-state index is 13.4. The molecule has 1 aromatic heterocycles. The number of ether oxygens (including phenoxy) is 1. The van der Waals surface area contributed by atoms with Crippen LogP contribution in [0, 0.1) is 6.92 Å². The van der Waals surface area contributed by atoms with Crippen molar-refractivity contribution in [2.75, 3.05) is 69.7 Å². The minimum Gasteiger partial charge on any atom is -0.379 e. The van der Waals surface area contributed by atoms with E-state index in [0.29, 0.717) is 23.4 Å². The number of piperidine rings is 1. The molecule has 2 amide bonds. The maximum absolute atomic E-state index is 13.4. The predicted octanol–water partition coefficient (Wildman–Crippen LogP) is 4.70. The van der Waals surface area contributed by atoms with Crippen molar-refractivity contribution in [3.8, 4) is 11.3 Å².